The number of rotatable bonds is 3. The smallest absolute Gasteiger partial charge is 0.150 e. The van der Waals surface area contributed by atoms with Crippen LogP contribution in [0.4, 0.5) is 11.5 Å². The van der Waals surface area contributed by atoms with Crippen molar-refractivity contribution in [3.05, 3.63) is 17.8 Å². The molecule has 1 aliphatic rings. The van der Waals surface area contributed by atoms with Crippen molar-refractivity contribution >= 4 is 11.5 Å². The summed E-state index contributed by atoms with van der Waals surface area (Å²) in [5, 5.41) is 12.2. The number of nitrogens with one attached hydrogen (secondary N) is 1. The summed E-state index contributed by atoms with van der Waals surface area (Å²) < 4.78 is 0. The van der Waals surface area contributed by atoms with Crippen LogP contribution in [0.15, 0.2) is 12.3 Å². The third-order valence-electron chi connectivity index (χ3n) is 3.93. The number of aromatic nitrogens is 1. The van der Waals surface area contributed by atoms with E-state index < -0.39 is 0 Å². The largest absolute Gasteiger partial charge is 0.395 e. The first kappa shape index (κ1) is 12.7. The minimum Gasteiger partial charge on any atom is -0.395 e. The van der Waals surface area contributed by atoms with Crippen LogP contribution in [0.3, 0.4) is 0 Å². The van der Waals surface area contributed by atoms with E-state index in [0.717, 1.165) is 12.5 Å². The van der Waals surface area contributed by atoms with Gasteiger partial charge in [-0.3, -0.25) is 0 Å². The van der Waals surface area contributed by atoms with Gasteiger partial charge in [0, 0.05) is 12.7 Å². The van der Waals surface area contributed by atoms with Gasteiger partial charge in [0.25, 0.3) is 0 Å². The number of nitrogens with zero attached hydrogens (tertiary/aromatic N) is 2. The van der Waals surface area contributed by atoms with Crippen LogP contribution in [0.2, 0.25) is 0 Å². The zero-order chi connectivity index (χ0) is 13.0. The van der Waals surface area contributed by atoms with Crippen LogP contribution in [0.5, 0.6) is 0 Å². The summed E-state index contributed by atoms with van der Waals surface area (Å²) in [6, 6.07) is 3.72. The summed E-state index contributed by atoms with van der Waals surface area (Å²) in [7, 11) is 0. The average molecular weight is 244 g/mol. The highest BCUT2D eigenvalue weighted by molar-refractivity contribution is 5.68. The van der Waals surface area contributed by atoms with E-state index in [0.29, 0.717) is 23.0 Å². The molecule has 0 bridgehead atoms. The van der Waals surface area contributed by atoms with Gasteiger partial charge in [-0.1, -0.05) is 26.2 Å². The van der Waals surface area contributed by atoms with Gasteiger partial charge in [-0.05, 0) is 24.3 Å². The van der Waals surface area contributed by atoms with Crippen molar-refractivity contribution in [2.24, 2.45) is 11.8 Å². The Labute approximate surface area is 108 Å². The summed E-state index contributed by atoms with van der Waals surface area (Å²) in [6.45, 7) is 3.21. The van der Waals surface area contributed by atoms with Crippen molar-refractivity contribution in [1.82, 2.24) is 4.98 Å². The molecule has 1 aliphatic carbocycles. The number of hydrogen-bond acceptors (Lipinski definition) is 4. The lowest BCUT2D eigenvalue weighted by molar-refractivity contribution is 0.268. The van der Waals surface area contributed by atoms with E-state index in [1.165, 1.54) is 25.7 Å². The van der Waals surface area contributed by atoms with Gasteiger partial charge in [-0.2, -0.15) is 5.26 Å². The minimum atomic E-state index is 0.462. The lowest BCUT2D eigenvalue weighted by atomic mass is 9.80. The van der Waals surface area contributed by atoms with Gasteiger partial charge in [0.2, 0.25) is 0 Å². The van der Waals surface area contributed by atoms with Crippen LogP contribution < -0.4 is 11.1 Å². The molecular weight excluding hydrogens is 224 g/mol. The van der Waals surface area contributed by atoms with Crippen LogP contribution in [-0.2, 0) is 0 Å². The molecule has 2 rings (SSSR count). The van der Waals surface area contributed by atoms with Crippen molar-refractivity contribution in [3.63, 3.8) is 0 Å². The summed E-state index contributed by atoms with van der Waals surface area (Å²) in [4.78, 5) is 4.21. The Hall–Kier alpha value is -1.76. The van der Waals surface area contributed by atoms with E-state index in [4.69, 9.17) is 11.0 Å². The summed E-state index contributed by atoms with van der Waals surface area (Å²) in [5.74, 6) is 2.09. The molecule has 4 heteroatoms. The molecule has 1 aromatic heterocycles. The second-order valence-electron chi connectivity index (χ2n) is 5.14. The molecule has 0 aromatic carbocycles. The fraction of sp³-hybridized carbons (Fsp3) is 0.571. The third kappa shape index (κ3) is 2.73. The van der Waals surface area contributed by atoms with E-state index in [1.807, 2.05) is 0 Å². The molecule has 0 amide bonds. The average Bonchev–Trinajstić information content (AvgIpc) is 2.39. The zero-order valence-corrected chi connectivity index (χ0v) is 10.8. The van der Waals surface area contributed by atoms with Crippen molar-refractivity contribution in [1.29, 1.82) is 5.26 Å². The summed E-state index contributed by atoms with van der Waals surface area (Å²) in [5.41, 5.74) is 6.85. The molecule has 2 atom stereocenters. The van der Waals surface area contributed by atoms with Gasteiger partial charge in [-0.15, -0.1) is 0 Å². The highest BCUT2D eigenvalue weighted by atomic mass is 15.0. The fourth-order valence-electron chi connectivity index (χ4n) is 2.64. The number of pyridine rings is 1. The van der Waals surface area contributed by atoms with E-state index in [2.05, 4.69) is 23.3 Å². The van der Waals surface area contributed by atoms with Gasteiger partial charge in [0.15, 0.2) is 5.82 Å². The maximum absolute atomic E-state index is 8.92. The lowest BCUT2D eigenvalue weighted by Gasteiger charge is -2.29. The van der Waals surface area contributed by atoms with Crippen LogP contribution >= 0.6 is 0 Å². The molecule has 1 aromatic rings. The topological polar surface area (TPSA) is 74.7 Å². The highest BCUT2D eigenvalue weighted by Gasteiger charge is 2.21. The van der Waals surface area contributed by atoms with Gasteiger partial charge < -0.3 is 11.1 Å². The van der Waals surface area contributed by atoms with Crippen LogP contribution in [0, 0.1) is 23.2 Å². The molecule has 1 saturated carbocycles. The van der Waals surface area contributed by atoms with Crippen molar-refractivity contribution < 1.29 is 0 Å². The Morgan fingerprint density at radius 3 is 3.00 bits per heavy atom. The second kappa shape index (κ2) is 5.72. The molecule has 0 saturated heterocycles. The van der Waals surface area contributed by atoms with Crippen LogP contribution in [-0.4, -0.2) is 11.5 Å². The Kier molecular flexibility index (Phi) is 4.03. The Bertz CT molecular complexity index is 450. The molecule has 1 heterocycles. The third-order valence-corrected chi connectivity index (χ3v) is 3.93. The maximum atomic E-state index is 8.92. The van der Waals surface area contributed by atoms with Gasteiger partial charge in [-0.25, -0.2) is 4.98 Å². The molecule has 1 fully saturated rings. The van der Waals surface area contributed by atoms with E-state index in [-0.39, 0.29) is 0 Å². The molecule has 96 valence electrons. The quantitative estimate of drug-likeness (QED) is 0.857. The van der Waals surface area contributed by atoms with Crippen LogP contribution in [0.1, 0.15) is 38.2 Å². The molecule has 4 nitrogen and oxygen atoms in total. The number of nitriles is 1. The van der Waals surface area contributed by atoms with E-state index in [1.54, 1.807) is 12.3 Å². The predicted octanol–water partition coefficient (Wildman–Crippen LogP) is 2.77. The van der Waals surface area contributed by atoms with Crippen LogP contribution in [0.25, 0.3) is 0 Å². The number of hydrogen-bond donors (Lipinski definition) is 2. The number of anilines is 2. The van der Waals surface area contributed by atoms with Gasteiger partial charge in [0.1, 0.15) is 6.07 Å². The lowest BCUT2D eigenvalue weighted by Crippen LogP contribution is -2.25. The summed E-state index contributed by atoms with van der Waals surface area (Å²) >= 11 is 0. The number of nitrogens with two attached hydrogens (primary N) is 1. The monoisotopic (exact) mass is 244 g/mol. The molecule has 0 radical (unpaired) electrons. The summed E-state index contributed by atoms with van der Waals surface area (Å²) in [6.07, 6.45) is 6.88. The predicted molar refractivity (Wildman–Crippen MR) is 73.0 cm³/mol. The van der Waals surface area contributed by atoms with Gasteiger partial charge in [0.05, 0.1) is 11.3 Å². The fourth-order valence-corrected chi connectivity index (χ4v) is 2.64. The molecular formula is C14H20N4. The normalized spacial score (nSPS) is 23.3. The minimum absolute atomic E-state index is 0.462. The first-order chi connectivity index (χ1) is 8.72. The highest BCUT2D eigenvalue weighted by Crippen LogP contribution is 2.30. The SMILES string of the molecule is CC1CCCCC1CNc1nccc(C#N)c1N. The second-order valence-corrected chi connectivity index (χ2v) is 5.14. The number of nitrogen functional groups attached to an aromatic ring is 1. The van der Waals surface area contributed by atoms with Crippen molar-refractivity contribution in [2.45, 2.75) is 32.6 Å². The standard InChI is InChI=1S/C14H20N4/c1-10-4-2-3-5-12(10)9-18-14-13(16)11(8-15)6-7-17-14/h6-7,10,12H,2-5,9,16H2,1H3,(H,17,18). The molecule has 0 aliphatic heterocycles. The first-order valence-electron chi connectivity index (χ1n) is 6.61. The Morgan fingerprint density at radius 2 is 2.28 bits per heavy atom. The zero-order valence-electron chi connectivity index (χ0n) is 10.8. The molecule has 18 heavy (non-hydrogen) atoms. The molecule has 3 N–H and O–H groups in total. The van der Waals surface area contributed by atoms with Crippen molar-refractivity contribution in [2.75, 3.05) is 17.6 Å². The molecule has 0 spiro atoms. The van der Waals surface area contributed by atoms with E-state index in [9.17, 15) is 0 Å². The maximum Gasteiger partial charge on any atom is 0.150 e. The molecule has 2 unspecified atom stereocenters. The van der Waals surface area contributed by atoms with Gasteiger partial charge >= 0.3 is 0 Å². The Balaban J connectivity index is 2.00. The first-order valence-corrected chi connectivity index (χ1v) is 6.61. The van der Waals surface area contributed by atoms with Crippen molar-refractivity contribution in [3.8, 4) is 6.07 Å². The Morgan fingerprint density at radius 1 is 1.50 bits per heavy atom. The van der Waals surface area contributed by atoms with E-state index >= 15 is 0 Å².